The van der Waals surface area contributed by atoms with Gasteiger partial charge in [0.15, 0.2) is 11.5 Å². The van der Waals surface area contributed by atoms with Gasteiger partial charge in [-0.25, -0.2) is 4.98 Å². The summed E-state index contributed by atoms with van der Waals surface area (Å²) in [6.45, 7) is 3.23. The minimum absolute atomic E-state index is 0.160. The van der Waals surface area contributed by atoms with E-state index in [2.05, 4.69) is 10.3 Å². The molecule has 0 amide bonds. The summed E-state index contributed by atoms with van der Waals surface area (Å²) >= 11 is 1.63. The average molecular weight is 264 g/mol. The number of aromatic nitrogens is 1. The Hall–Kier alpha value is -1.59. The first-order chi connectivity index (χ1) is 8.74. The van der Waals surface area contributed by atoms with Crippen LogP contribution in [-0.2, 0) is 6.54 Å². The maximum atomic E-state index is 9.65. The van der Waals surface area contributed by atoms with Gasteiger partial charge in [-0.3, -0.25) is 0 Å². The molecule has 2 N–H and O–H groups in total. The molecule has 0 unspecified atom stereocenters. The van der Waals surface area contributed by atoms with Crippen LogP contribution in [0.25, 0.3) is 10.6 Å². The number of phenolic OH excluding ortho intramolecular Hbond substituents is 1. The molecule has 1 aromatic carbocycles. The molecule has 96 valence electrons. The minimum Gasteiger partial charge on any atom is -0.504 e. The number of thiazole rings is 1. The highest BCUT2D eigenvalue weighted by Gasteiger charge is 2.08. The van der Waals surface area contributed by atoms with Gasteiger partial charge >= 0.3 is 0 Å². The van der Waals surface area contributed by atoms with Gasteiger partial charge in [-0.1, -0.05) is 0 Å². The Bertz CT molecular complexity index is 525. The zero-order valence-corrected chi connectivity index (χ0v) is 11.3. The lowest BCUT2D eigenvalue weighted by Crippen LogP contribution is -2.02. The number of nitrogens with zero attached hydrogens (tertiary/aromatic N) is 1. The van der Waals surface area contributed by atoms with E-state index < -0.39 is 0 Å². The molecule has 4 nitrogen and oxygen atoms in total. The molecule has 0 spiro atoms. The zero-order chi connectivity index (χ0) is 13.0. The van der Waals surface area contributed by atoms with Crippen LogP contribution >= 0.6 is 11.3 Å². The molecule has 2 rings (SSSR count). The van der Waals surface area contributed by atoms with Crippen molar-refractivity contribution in [3.63, 3.8) is 0 Å². The molecule has 1 heterocycles. The van der Waals surface area contributed by atoms with E-state index in [9.17, 15) is 5.11 Å². The third-order valence-corrected chi connectivity index (χ3v) is 3.46. The Morgan fingerprint density at radius 3 is 3.00 bits per heavy atom. The lowest BCUT2D eigenvalue weighted by atomic mass is 10.2. The molecule has 0 aliphatic heterocycles. The number of ether oxygens (including phenoxy) is 1. The van der Waals surface area contributed by atoms with Crippen LogP contribution in [-0.4, -0.2) is 23.7 Å². The van der Waals surface area contributed by atoms with E-state index >= 15 is 0 Å². The van der Waals surface area contributed by atoms with Crippen molar-refractivity contribution in [2.45, 2.75) is 13.5 Å². The van der Waals surface area contributed by atoms with Crippen LogP contribution in [0, 0.1) is 0 Å². The number of nitrogens with one attached hydrogen (secondary N) is 1. The fourth-order valence-electron chi connectivity index (χ4n) is 1.62. The predicted octanol–water partition coefficient (Wildman–Crippen LogP) is 2.63. The van der Waals surface area contributed by atoms with Crippen molar-refractivity contribution >= 4 is 11.3 Å². The molecule has 5 heteroatoms. The summed E-state index contributed by atoms with van der Waals surface area (Å²) in [6.07, 6.45) is 1.86. The van der Waals surface area contributed by atoms with Gasteiger partial charge in [0.25, 0.3) is 0 Å². The Kier molecular flexibility index (Phi) is 4.17. The van der Waals surface area contributed by atoms with E-state index in [-0.39, 0.29) is 5.75 Å². The Morgan fingerprint density at radius 1 is 1.44 bits per heavy atom. The van der Waals surface area contributed by atoms with Gasteiger partial charge in [0.05, 0.1) is 6.61 Å². The summed E-state index contributed by atoms with van der Waals surface area (Å²) < 4.78 is 5.37. The number of hydrogen-bond donors (Lipinski definition) is 2. The van der Waals surface area contributed by atoms with Crippen LogP contribution in [0.1, 0.15) is 11.8 Å². The molecule has 0 aliphatic carbocycles. The lowest BCUT2D eigenvalue weighted by Gasteiger charge is -2.06. The third-order valence-electron chi connectivity index (χ3n) is 2.41. The number of rotatable bonds is 5. The maximum absolute atomic E-state index is 9.65. The van der Waals surface area contributed by atoms with Crippen molar-refractivity contribution in [2.24, 2.45) is 0 Å². The molecule has 0 radical (unpaired) electrons. The van der Waals surface area contributed by atoms with Crippen LogP contribution in [0.4, 0.5) is 0 Å². The smallest absolute Gasteiger partial charge is 0.161 e. The Labute approximate surface area is 110 Å². The second-order valence-corrected chi connectivity index (χ2v) is 4.89. The largest absolute Gasteiger partial charge is 0.504 e. The fourth-order valence-corrected chi connectivity index (χ4v) is 2.54. The van der Waals surface area contributed by atoms with E-state index in [0.717, 1.165) is 17.1 Å². The summed E-state index contributed by atoms with van der Waals surface area (Å²) in [4.78, 5) is 5.56. The van der Waals surface area contributed by atoms with Gasteiger partial charge < -0.3 is 15.2 Å². The summed E-state index contributed by atoms with van der Waals surface area (Å²) in [7, 11) is 1.91. The van der Waals surface area contributed by atoms with Crippen molar-refractivity contribution in [2.75, 3.05) is 13.7 Å². The summed E-state index contributed by atoms with van der Waals surface area (Å²) in [6, 6.07) is 5.31. The van der Waals surface area contributed by atoms with Crippen LogP contribution in [0.2, 0.25) is 0 Å². The van der Waals surface area contributed by atoms with Crippen molar-refractivity contribution in [1.29, 1.82) is 0 Å². The lowest BCUT2D eigenvalue weighted by molar-refractivity contribution is 0.318. The van der Waals surface area contributed by atoms with Crippen molar-refractivity contribution in [3.8, 4) is 22.1 Å². The average Bonchev–Trinajstić information content (AvgIpc) is 2.81. The zero-order valence-electron chi connectivity index (χ0n) is 10.4. The quantitative estimate of drug-likeness (QED) is 0.871. The third kappa shape index (κ3) is 2.80. The fraction of sp³-hybridized carbons (Fsp3) is 0.308. The number of benzene rings is 1. The second kappa shape index (κ2) is 5.84. The Morgan fingerprint density at radius 2 is 2.28 bits per heavy atom. The van der Waals surface area contributed by atoms with Crippen LogP contribution in [0.15, 0.2) is 24.4 Å². The van der Waals surface area contributed by atoms with Gasteiger partial charge in [0.2, 0.25) is 0 Å². The number of hydrogen-bond acceptors (Lipinski definition) is 5. The van der Waals surface area contributed by atoms with Gasteiger partial charge in [-0.2, -0.15) is 0 Å². The van der Waals surface area contributed by atoms with Gasteiger partial charge in [-0.05, 0) is 32.2 Å². The molecule has 18 heavy (non-hydrogen) atoms. The van der Waals surface area contributed by atoms with Crippen LogP contribution < -0.4 is 10.1 Å². The first-order valence-corrected chi connectivity index (χ1v) is 6.61. The van der Waals surface area contributed by atoms with Crippen molar-refractivity contribution in [1.82, 2.24) is 10.3 Å². The maximum Gasteiger partial charge on any atom is 0.161 e. The van der Waals surface area contributed by atoms with E-state index in [1.54, 1.807) is 17.4 Å². The highest BCUT2D eigenvalue weighted by molar-refractivity contribution is 7.15. The molecule has 0 atom stereocenters. The molecule has 1 aromatic heterocycles. The van der Waals surface area contributed by atoms with E-state index in [4.69, 9.17) is 4.74 Å². The van der Waals surface area contributed by atoms with Gasteiger partial charge in [0.1, 0.15) is 5.01 Å². The molecular formula is C13H16N2O2S. The van der Waals surface area contributed by atoms with Crippen LogP contribution in [0.5, 0.6) is 11.5 Å². The SMILES string of the molecule is CCOc1cc(-c2ncc(CNC)s2)ccc1O. The predicted molar refractivity (Wildman–Crippen MR) is 73.1 cm³/mol. The summed E-state index contributed by atoms with van der Waals surface area (Å²) in [5.74, 6) is 0.660. The normalized spacial score (nSPS) is 10.6. The highest BCUT2D eigenvalue weighted by Crippen LogP contribution is 2.33. The molecule has 0 bridgehead atoms. The van der Waals surface area contributed by atoms with E-state index in [1.165, 1.54) is 4.88 Å². The van der Waals surface area contributed by atoms with Crippen LogP contribution in [0.3, 0.4) is 0 Å². The summed E-state index contributed by atoms with van der Waals surface area (Å²) in [5.41, 5.74) is 0.962. The molecule has 0 fully saturated rings. The van der Waals surface area contributed by atoms with Crippen molar-refractivity contribution in [3.05, 3.63) is 29.3 Å². The highest BCUT2D eigenvalue weighted by atomic mass is 32.1. The standard InChI is InChI=1S/C13H16N2O2S/c1-3-17-12-6-9(4-5-11(12)16)13-15-8-10(18-13)7-14-2/h4-6,8,14,16H,3,7H2,1-2H3. The van der Waals surface area contributed by atoms with E-state index in [0.29, 0.717) is 12.4 Å². The molecule has 0 saturated heterocycles. The first kappa shape index (κ1) is 12.9. The molecule has 0 aliphatic rings. The summed E-state index contributed by atoms with van der Waals surface area (Å²) in [5, 5.41) is 13.7. The monoisotopic (exact) mass is 264 g/mol. The number of aromatic hydroxyl groups is 1. The number of phenols is 1. The topological polar surface area (TPSA) is 54.4 Å². The Balaban J connectivity index is 2.28. The van der Waals surface area contributed by atoms with Gasteiger partial charge in [-0.15, -0.1) is 11.3 Å². The molecule has 0 saturated carbocycles. The minimum atomic E-state index is 0.160. The molecular weight excluding hydrogens is 248 g/mol. The van der Waals surface area contributed by atoms with Gasteiger partial charge in [0, 0.05) is 23.2 Å². The molecule has 2 aromatic rings. The van der Waals surface area contributed by atoms with E-state index in [1.807, 2.05) is 32.3 Å². The first-order valence-electron chi connectivity index (χ1n) is 5.80. The second-order valence-electron chi connectivity index (χ2n) is 3.78. The van der Waals surface area contributed by atoms with Crippen molar-refractivity contribution < 1.29 is 9.84 Å².